The number of aryl methyl sites for hydroxylation is 2. The first-order valence-electron chi connectivity index (χ1n) is 13.7. The Labute approximate surface area is 190 Å². The summed E-state index contributed by atoms with van der Waals surface area (Å²) >= 11 is 0. The summed E-state index contributed by atoms with van der Waals surface area (Å²) in [5.74, 6) is -3.97. The van der Waals surface area contributed by atoms with Crippen molar-refractivity contribution in [2.75, 3.05) is 0 Å². The van der Waals surface area contributed by atoms with Crippen LogP contribution in [0.4, 0.5) is 5.69 Å². The molecule has 0 aliphatic rings. The van der Waals surface area contributed by atoms with E-state index in [4.69, 9.17) is 22.0 Å². The number of hydrogen-bond donors (Lipinski definition) is 0. The molecule has 3 heteroatoms. The minimum atomic E-state index is -2.72. The second-order valence-electron chi connectivity index (χ2n) is 7.76. The van der Waals surface area contributed by atoms with E-state index >= 15 is 0 Å². The van der Waals surface area contributed by atoms with Gasteiger partial charge in [-0.25, -0.2) is 4.85 Å². The number of aromatic nitrogens is 1. The fourth-order valence-corrected chi connectivity index (χ4v) is 4.02. The highest BCUT2D eigenvalue weighted by atomic mass is 16.3. The molecular weight excluding hydrogens is 368 g/mol. The smallest absolute Gasteiger partial charge is 0.216 e. The molecule has 2 atom stereocenters. The second-order valence-corrected chi connectivity index (χ2v) is 7.76. The van der Waals surface area contributed by atoms with Gasteiger partial charge in [0.2, 0.25) is 5.69 Å². The molecular formula is C27H29N2O+. The lowest BCUT2D eigenvalue weighted by molar-refractivity contribution is -0.666. The summed E-state index contributed by atoms with van der Waals surface area (Å²) in [5.41, 5.74) is 3.80. The van der Waals surface area contributed by atoms with Crippen molar-refractivity contribution >= 4 is 27.6 Å². The van der Waals surface area contributed by atoms with E-state index in [1.165, 1.54) is 19.9 Å². The van der Waals surface area contributed by atoms with Crippen molar-refractivity contribution in [3.63, 3.8) is 0 Å². The molecule has 2 unspecified atom stereocenters. The van der Waals surface area contributed by atoms with Crippen LogP contribution in [0.3, 0.4) is 0 Å². The van der Waals surface area contributed by atoms with E-state index in [0.717, 1.165) is 11.3 Å². The topological polar surface area (TPSA) is 21.4 Å². The van der Waals surface area contributed by atoms with Crippen LogP contribution < -0.4 is 4.57 Å². The van der Waals surface area contributed by atoms with Gasteiger partial charge in [-0.1, -0.05) is 51.8 Å². The van der Waals surface area contributed by atoms with Crippen molar-refractivity contribution in [3.8, 4) is 11.3 Å². The van der Waals surface area contributed by atoms with Crippen LogP contribution in [0.2, 0.25) is 0 Å². The fraction of sp³-hybridized carbons (Fsp3) is 0.333. The maximum atomic E-state index is 8.75. The lowest BCUT2D eigenvalue weighted by Crippen LogP contribution is -2.35. The maximum Gasteiger partial charge on any atom is 0.216 e. The highest BCUT2D eigenvalue weighted by molar-refractivity contribution is 6.11. The summed E-state index contributed by atoms with van der Waals surface area (Å²) in [7, 11) is 1.84. The highest BCUT2D eigenvalue weighted by Gasteiger charge is 2.25. The summed E-state index contributed by atoms with van der Waals surface area (Å²) in [5, 5.41) is 1.25. The molecule has 2 aromatic carbocycles. The van der Waals surface area contributed by atoms with Gasteiger partial charge in [-0.15, -0.1) is 0 Å². The summed E-state index contributed by atoms with van der Waals surface area (Å²) in [4.78, 5) is 3.50. The van der Waals surface area contributed by atoms with Gasteiger partial charge in [-0.3, -0.25) is 0 Å². The summed E-state index contributed by atoms with van der Waals surface area (Å²) in [6, 6.07) is 10.3. The average Bonchev–Trinajstić information content (AvgIpc) is 3.17. The van der Waals surface area contributed by atoms with Crippen molar-refractivity contribution in [2.45, 2.75) is 53.2 Å². The van der Waals surface area contributed by atoms with Gasteiger partial charge in [0.15, 0.2) is 11.4 Å². The molecule has 4 rings (SSSR count). The minimum absolute atomic E-state index is 0.000227. The third kappa shape index (κ3) is 2.99. The summed E-state index contributed by atoms with van der Waals surface area (Å²) < 4.78 is 73.4. The van der Waals surface area contributed by atoms with Crippen LogP contribution in [0, 0.1) is 20.4 Å². The number of fused-ring (bicyclic) bond motifs is 3. The minimum Gasteiger partial charge on any atom is -0.456 e. The second kappa shape index (κ2) is 7.29. The lowest BCUT2D eigenvalue weighted by atomic mass is 9.95. The van der Waals surface area contributed by atoms with Gasteiger partial charge in [0, 0.05) is 46.4 Å². The van der Waals surface area contributed by atoms with Crippen LogP contribution in [-0.4, -0.2) is 0 Å². The number of pyridine rings is 1. The largest absolute Gasteiger partial charge is 0.456 e. The first kappa shape index (κ1) is 12.5. The zero-order valence-electron chi connectivity index (χ0n) is 25.8. The Morgan fingerprint density at radius 2 is 1.73 bits per heavy atom. The van der Waals surface area contributed by atoms with Gasteiger partial charge in [-0.2, -0.15) is 4.57 Å². The first-order chi connectivity index (χ1) is 17.3. The Morgan fingerprint density at radius 3 is 2.43 bits per heavy atom. The van der Waals surface area contributed by atoms with Gasteiger partial charge in [0.1, 0.15) is 18.2 Å². The molecule has 30 heavy (non-hydrogen) atoms. The number of rotatable bonds is 3. The van der Waals surface area contributed by atoms with Crippen molar-refractivity contribution < 1.29 is 20.0 Å². The number of hydrogen-bond acceptors (Lipinski definition) is 1. The average molecular weight is 406 g/mol. The molecule has 0 aliphatic heterocycles. The van der Waals surface area contributed by atoms with Gasteiger partial charge >= 0.3 is 0 Å². The maximum absolute atomic E-state index is 8.75. The van der Waals surface area contributed by atoms with E-state index in [1.807, 2.05) is 37.6 Å². The van der Waals surface area contributed by atoms with Crippen LogP contribution in [0.1, 0.15) is 72.7 Å². The molecule has 0 aliphatic carbocycles. The fourth-order valence-electron chi connectivity index (χ4n) is 4.02. The zero-order chi connectivity index (χ0) is 28.6. The normalized spacial score (nSPS) is 20.4. The standard InChI is InChI=1S/C27H29N2O/c1-15(2)19-13-18(6)29(8)23(14-19)25-17(5)9-10-20-21-11-12-22(28-7)24(16(3)4)26(21)30-27(20)25/h9-16H,1-6,8H3/q+1/i1D3,3D3,15D,16D. The van der Waals surface area contributed by atoms with Gasteiger partial charge < -0.3 is 4.42 Å². The van der Waals surface area contributed by atoms with Gasteiger partial charge in [0.05, 0.1) is 12.1 Å². The lowest BCUT2D eigenvalue weighted by Gasteiger charge is -2.11. The Morgan fingerprint density at radius 1 is 1.03 bits per heavy atom. The van der Waals surface area contributed by atoms with Crippen LogP contribution in [-0.2, 0) is 7.05 Å². The van der Waals surface area contributed by atoms with Gasteiger partial charge in [0.25, 0.3) is 0 Å². The molecule has 4 aromatic rings. The van der Waals surface area contributed by atoms with Crippen LogP contribution in [0.25, 0.3) is 38.0 Å². The third-order valence-electron chi connectivity index (χ3n) is 5.73. The van der Waals surface area contributed by atoms with E-state index < -0.39 is 25.5 Å². The monoisotopic (exact) mass is 405 g/mol. The molecule has 0 radical (unpaired) electrons. The van der Waals surface area contributed by atoms with Crippen molar-refractivity contribution in [1.29, 1.82) is 0 Å². The van der Waals surface area contributed by atoms with Crippen LogP contribution in [0.5, 0.6) is 0 Å². The van der Waals surface area contributed by atoms with Crippen LogP contribution >= 0.6 is 0 Å². The van der Waals surface area contributed by atoms with Crippen molar-refractivity contribution in [3.05, 3.63) is 70.2 Å². The third-order valence-corrected chi connectivity index (χ3v) is 5.73. The number of furan rings is 1. The van der Waals surface area contributed by atoms with E-state index in [2.05, 4.69) is 4.85 Å². The van der Waals surface area contributed by atoms with Crippen molar-refractivity contribution in [1.82, 2.24) is 0 Å². The highest BCUT2D eigenvalue weighted by Crippen LogP contribution is 2.42. The van der Waals surface area contributed by atoms with E-state index in [1.54, 1.807) is 18.2 Å². The summed E-state index contributed by atoms with van der Waals surface area (Å²) in [6.07, 6.45) is 0. The predicted molar refractivity (Wildman–Crippen MR) is 124 cm³/mol. The molecule has 0 spiro atoms. The van der Waals surface area contributed by atoms with Crippen molar-refractivity contribution in [2.24, 2.45) is 7.05 Å². The SMILES string of the molecule is [2H]C([2H])([2H])C([2H])(C)c1cc(C)[n+](C)c(-c2c(C)ccc3c2oc2c(C([2H])(C)C([2H])([2H])[2H])c([N+]#[C-])ccc23)c1. The van der Waals surface area contributed by atoms with E-state index in [9.17, 15) is 0 Å². The molecule has 2 heterocycles. The molecule has 0 N–H and O–H groups in total. The Hall–Kier alpha value is -3.12. The number of benzene rings is 2. The first-order valence-corrected chi connectivity index (χ1v) is 9.73. The quantitative estimate of drug-likeness (QED) is 0.255. The molecule has 152 valence electrons. The zero-order valence-corrected chi connectivity index (χ0v) is 17.8. The Kier molecular flexibility index (Phi) is 3.05. The molecule has 0 amide bonds. The Balaban J connectivity index is 2.15. The molecule has 2 aromatic heterocycles. The molecule has 0 fully saturated rings. The molecule has 0 bridgehead atoms. The van der Waals surface area contributed by atoms with Crippen LogP contribution in [0.15, 0.2) is 40.8 Å². The number of nitrogens with zero attached hydrogens (tertiary/aromatic N) is 2. The molecule has 0 saturated heterocycles. The molecule has 0 saturated carbocycles. The van der Waals surface area contributed by atoms with Gasteiger partial charge in [-0.05, 0) is 29.8 Å². The predicted octanol–water partition coefficient (Wildman–Crippen LogP) is 7.49. The molecule has 3 nitrogen and oxygen atoms in total. The van der Waals surface area contributed by atoms with E-state index in [-0.39, 0.29) is 16.8 Å². The van der Waals surface area contributed by atoms with E-state index in [0.29, 0.717) is 33.2 Å². The Bertz CT molecular complexity index is 1640. The summed E-state index contributed by atoms with van der Waals surface area (Å²) in [6.45, 7) is 8.70.